The number of carbonyl (C=O) groups is 2. The lowest BCUT2D eigenvalue weighted by Gasteiger charge is -2.11. The van der Waals surface area contributed by atoms with Crippen molar-refractivity contribution in [1.29, 1.82) is 0 Å². The molecule has 0 saturated heterocycles. The summed E-state index contributed by atoms with van der Waals surface area (Å²) in [6, 6.07) is 0. The van der Waals surface area contributed by atoms with E-state index < -0.39 is 11.9 Å². The first kappa shape index (κ1) is 14.4. The molecule has 20 heavy (non-hydrogen) atoms. The predicted octanol–water partition coefficient (Wildman–Crippen LogP) is 2.66. The first-order valence-electron chi connectivity index (χ1n) is 6.21. The molecule has 2 rings (SSSR count). The first-order valence-corrected chi connectivity index (χ1v) is 7.02. The topological polar surface area (TPSA) is 104 Å². The van der Waals surface area contributed by atoms with Crippen molar-refractivity contribution in [2.24, 2.45) is 5.11 Å². The SMILES string of the molecule is COC(=O)c1c(NC(=O)CN=[N+]=[N-])sc2c1CCCC2. The molecule has 1 amide bonds. The maximum Gasteiger partial charge on any atom is 0.341 e. The lowest BCUT2D eigenvalue weighted by Crippen LogP contribution is -2.16. The molecule has 1 aromatic heterocycles. The molecule has 0 saturated carbocycles. The third kappa shape index (κ3) is 2.92. The van der Waals surface area contributed by atoms with E-state index in [1.807, 2.05) is 0 Å². The van der Waals surface area contributed by atoms with Gasteiger partial charge in [0.15, 0.2) is 0 Å². The molecule has 0 atom stereocenters. The van der Waals surface area contributed by atoms with Crippen LogP contribution >= 0.6 is 11.3 Å². The van der Waals surface area contributed by atoms with E-state index in [9.17, 15) is 9.59 Å². The Kier molecular flexibility index (Phi) is 4.60. The monoisotopic (exact) mass is 294 g/mol. The second-order valence-electron chi connectivity index (χ2n) is 4.34. The molecule has 0 aromatic carbocycles. The number of carbonyl (C=O) groups excluding carboxylic acids is 2. The van der Waals surface area contributed by atoms with Gasteiger partial charge >= 0.3 is 5.97 Å². The van der Waals surface area contributed by atoms with E-state index in [2.05, 4.69) is 15.3 Å². The molecule has 0 radical (unpaired) electrons. The molecule has 1 aliphatic rings. The number of thiophene rings is 1. The number of esters is 1. The minimum atomic E-state index is -0.441. The smallest absolute Gasteiger partial charge is 0.341 e. The van der Waals surface area contributed by atoms with Crippen LogP contribution in [-0.4, -0.2) is 25.5 Å². The van der Waals surface area contributed by atoms with Crippen LogP contribution in [0.1, 0.15) is 33.6 Å². The maximum absolute atomic E-state index is 11.9. The van der Waals surface area contributed by atoms with Gasteiger partial charge in [-0.05, 0) is 36.8 Å². The summed E-state index contributed by atoms with van der Waals surface area (Å²) in [4.78, 5) is 27.2. The molecule has 1 aromatic rings. The number of nitrogens with one attached hydrogen (secondary N) is 1. The summed E-state index contributed by atoms with van der Waals surface area (Å²) in [7, 11) is 1.32. The minimum absolute atomic E-state index is 0.292. The Morgan fingerprint density at radius 2 is 2.20 bits per heavy atom. The zero-order valence-electron chi connectivity index (χ0n) is 11.0. The van der Waals surface area contributed by atoms with E-state index in [1.165, 1.54) is 18.4 Å². The van der Waals surface area contributed by atoms with E-state index in [1.54, 1.807) is 0 Å². The fraction of sp³-hybridized carbons (Fsp3) is 0.500. The molecule has 0 unspecified atom stereocenters. The molecular weight excluding hydrogens is 280 g/mol. The second-order valence-corrected chi connectivity index (χ2v) is 5.45. The van der Waals surface area contributed by atoms with Crippen LogP contribution in [0, 0.1) is 0 Å². The van der Waals surface area contributed by atoms with Crippen LogP contribution in [0.15, 0.2) is 5.11 Å². The Morgan fingerprint density at radius 1 is 1.45 bits per heavy atom. The predicted molar refractivity (Wildman–Crippen MR) is 74.9 cm³/mol. The third-order valence-electron chi connectivity index (χ3n) is 3.09. The second kappa shape index (κ2) is 6.40. The first-order chi connectivity index (χ1) is 9.67. The molecule has 1 heterocycles. The molecule has 7 nitrogen and oxygen atoms in total. The van der Waals surface area contributed by atoms with E-state index in [-0.39, 0.29) is 6.54 Å². The summed E-state index contributed by atoms with van der Waals surface area (Å²) in [5, 5.41) is 6.32. The van der Waals surface area contributed by atoms with Crippen LogP contribution in [-0.2, 0) is 22.4 Å². The number of nitrogens with zero attached hydrogens (tertiary/aromatic N) is 3. The fourth-order valence-electron chi connectivity index (χ4n) is 2.23. The van der Waals surface area contributed by atoms with Crippen LogP contribution < -0.4 is 5.32 Å². The van der Waals surface area contributed by atoms with E-state index in [4.69, 9.17) is 10.3 Å². The highest BCUT2D eigenvalue weighted by molar-refractivity contribution is 7.17. The molecule has 0 aliphatic heterocycles. The van der Waals surface area contributed by atoms with Gasteiger partial charge in [-0.3, -0.25) is 4.79 Å². The van der Waals surface area contributed by atoms with Crippen molar-refractivity contribution in [2.45, 2.75) is 25.7 Å². The van der Waals surface area contributed by atoms with Gasteiger partial charge in [0.1, 0.15) is 11.5 Å². The minimum Gasteiger partial charge on any atom is -0.465 e. The average Bonchev–Trinajstić information content (AvgIpc) is 2.82. The number of rotatable bonds is 4. The average molecular weight is 294 g/mol. The van der Waals surface area contributed by atoms with E-state index in [0.29, 0.717) is 10.6 Å². The zero-order chi connectivity index (χ0) is 14.5. The number of hydrogen-bond acceptors (Lipinski definition) is 5. The number of azide groups is 1. The van der Waals surface area contributed by atoms with Crippen molar-refractivity contribution in [3.8, 4) is 0 Å². The van der Waals surface area contributed by atoms with Crippen LogP contribution in [0.4, 0.5) is 5.00 Å². The van der Waals surface area contributed by atoms with Crippen LogP contribution in [0.2, 0.25) is 0 Å². The quantitative estimate of drug-likeness (QED) is 0.399. The zero-order valence-corrected chi connectivity index (χ0v) is 11.8. The van der Waals surface area contributed by atoms with Gasteiger partial charge in [0.25, 0.3) is 0 Å². The van der Waals surface area contributed by atoms with Crippen LogP contribution in [0.5, 0.6) is 0 Å². The van der Waals surface area contributed by atoms with Gasteiger partial charge in [-0.15, -0.1) is 11.3 Å². The Hall–Kier alpha value is -2.05. The number of methoxy groups -OCH3 is 1. The lowest BCUT2D eigenvalue weighted by molar-refractivity contribution is -0.114. The van der Waals surface area contributed by atoms with Crippen molar-refractivity contribution >= 4 is 28.2 Å². The van der Waals surface area contributed by atoms with Crippen molar-refractivity contribution in [3.05, 3.63) is 26.4 Å². The number of amides is 1. The summed E-state index contributed by atoms with van der Waals surface area (Å²) < 4.78 is 4.80. The Bertz CT molecular complexity index is 590. The molecular formula is C12H14N4O3S. The standard InChI is InChI=1S/C12H14N4O3S/c1-19-12(18)10-7-4-2-3-5-8(7)20-11(10)15-9(17)6-14-16-13/h2-6H2,1H3,(H,15,17). The number of fused-ring (bicyclic) bond motifs is 1. The summed E-state index contributed by atoms with van der Waals surface area (Å²) in [6.07, 6.45) is 3.85. The van der Waals surface area contributed by atoms with Gasteiger partial charge in [-0.1, -0.05) is 5.11 Å². The van der Waals surface area contributed by atoms with Gasteiger partial charge in [-0.2, -0.15) is 0 Å². The molecule has 8 heteroatoms. The number of hydrogen-bond donors (Lipinski definition) is 1. The molecule has 0 fully saturated rings. The van der Waals surface area contributed by atoms with Crippen molar-refractivity contribution in [2.75, 3.05) is 19.0 Å². The van der Waals surface area contributed by atoms with Crippen molar-refractivity contribution in [3.63, 3.8) is 0 Å². The summed E-state index contributed by atoms with van der Waals surface area (Å²) >= 11 is 1.40. The highest BCUT2D eigenvalue weighted by Crippen LogP contribution is 2.38. The molecule has 0 bridgehead atoms. The number of ether oxygens (including phenoxy) is 1. The fourth-order valence-corrected chi connectivity index (χ4v) is 3.53. The summed E-state index contributed by atoms with van der Waals surface area (Å²) in [5.41, 5.74) is 9.63. The van der Waals surface area contributed by atoms with Gasteiger partial charge in [0.05, 0.1) is 12.7 Å². The van der Waals surface area contributed by atoms with Crippen molar-refractivity contribution in [1.82, 2.24) is 0 Å². The van der Waals surface area contributed by atoms with Crippen LogP contribution in [0.25, 0.3) is 10.4 Å². The van der Waals surface area contributed by atoms with Crippen molar-refractivity contribution < 1.29 is 14.3 Å². The van der Waals surface area contributed by atoms with Gasteiger partial charge in [0, 0.05) is 9.79 Å². The molecule has 1 aliphatic carbocycles. The van der Waals surface area contributed by atoms with E-state index >= 15 is 0 Å². The number of aryl methyl sites for hydroxylation is 1. The van der Waals surface area contributed by atoms with Gasteiger partial charge in [0.2, 0.25) is 5.91 Å². The van der Waals surface area contributed by atoms with E-state index in [0.717, 1.165) is 36.1 Å². The van der Waals surface area contributed by atoms with Gasteiger partial charge in [-0.25, -0.2) is 4.79 Å². The Balaban J connectivity index is 2.31. The largest absolute Gasteiger partial charge is 0.465 e. The normalized spacial score (nSPS) is 13.1. The van der Waals surface area contributed by atoms with Crippen LogP contribution in [0.3, 0.4) is 0 Å². The summed E-state index contributed by atoms with van der Waals surface area (Å²) in [5.74, 6) is -0.880. The number of anilines is 1. The Labute approximate surface area is 119 Å². The molecule has 1 N–H and O–H groups in total. The highest BCUT2D eigenvalue weighted by Gasteiger charge is 2.26. The maximum atomic E-state index is 11.9. The molecule has 106 valence electrons. The molecule has 0 spiro atoms. The Morgan fingerprint density at radius 3 is 2.90 bits per heavy atom. The lowest BCUT2D eigenvalue weighted by atomic mass is 9.95. The summed E-state index contributed by atoms with van der Waals surface area (Å²) in [6.45, 7) is -0.292. The van der Waals surface area contributed by atoms with Gasteiger partial charge < -0.3 is 10.1 Å². The highest BCUT2D eigenvalue weighted by atomic mass is 32.1. The third-order valence-corrected chi connectivity index (χ3v) is 4.30.